The van der Waals surface area contributed by atoms with Crippen molar-refractivity contribution in [2.75, 3.05) is 0 Å². The molecule has 5 heteroatoms. The van der Waals surface area contributed by atoms with E-state index in [9.17, 15) is 0 Å². The first-order valence-corrected chi connectivity index (χ1v) is 6.53. The minimum Gasteiger partial charge on any atom is -0.327 e. The lowest BCUT2D eigenvalue weighted by Crippen LogP contribution is -2.17. The summed E-state index contributed by atoms with van der Waals surface area (Å²) < 4.78 is 3.92. The molecule has 0 saturated heterocycles. The third-order valence-corrected chi connectivity index (χ3v) is 3.48. The minimum absolute atomic E-state index is 0.174. The lowest BCUT2D eigenvalue weighted by atomic mass is 10.1. The average molecular weight is 267 g/mol. The van der Waals surface area contributed by atoms with Crippen LogP contribution in [0.15, 0.2) is 55.1 Å². The molecular formula is C15H17N5. The largest absolute Gasteiger partial charge is 0.327 e. The fourth-order valence-corrected chi connectivity index (χ4v) is 2.28. The highest BCUT2D eigenvalue weighted by Gasteiger charge is 2.14. The van der Waals surface area contributed by atoms with Gasteiger partial charge in [0.1, 0.15) is 0 Å². The first-order chi connectivity index (χ1) is 9.75. The Kier molecular flexibility index (Phi) is 3.35. The standard InChI is InChI=1S/C15H17N5/c1-19-13(7-8-18-19)10-20-11-17-9-14(20)15(16)12-5-3-2-4-6-12/h2-9,11,15H,10,16H2,1H3. The van der Waals surface area contributed by atoms with Gasteiger partial charge in [-0.05, 0) is 11.6 Å². The van der Waals surface area contributed by atoms with Gasteiger partial charge in [-0.2, -0.15) is 5.10 Å². The zero-order chi connectivity index (χ0) is 13.9. The number of aromatic nitrogens is 4. The molecule has 2 heterocycles. The van der Waals surface area contributed by atoms with Crippen LogP contribution in [-0.2, 0) is 13.6 Å². The van der Waals surface area contributed by atoms with Crippen LogP contribution < -0.4 is 5.73 Å². The lowest BCUT2D eigenvalue weighted by Gasteiger charge is -2.15. The monoisotopic (exact) mass is 267 g/mol. The molecule has 102 valence electrons. The first-order valence-electron chi connectivity index (χ1n) is 6.53. The van der Waals surface area contributed by atoms with E-state index in [4.69, 9.17) is 5.73 Å². The number of benzene rings is 1. The average Bonchev–Trinajstić information content (AvgIpc) is 3.09. The third-order valence-electron chi connectivity index (χ3n) is 3.48. The molecule has 2 aromatic heterocycles. The Hall–Kier alpha value is -2.40. The van der Waals surface area contributed by atoms with Crippen molar-refractivity contribution in [1.82, 2.24) is 19.3 Å². The molecule has 0 saturated carbocycles. The predicted octanol–water partition coefficient (Wildman–Crippen LogP) is 1.71. The van der Waals surface area contributed by atoms with Gasteiger partial charge in [0, 0.05) is 13.2 Å². The molecule has 0 bridgehead atoms. The molecule has 0 amide bonds. The Morgan fingerprint density at radius 1 is 1.20 bits per heavy atom. The van der Waals surface area contributed by atoms with Crippen LogP contribution in [0.25, 0.3) is 0 Å². The smallest absolute Gasteiger partial charge is 0.0952 e. The van der Waals surface area contributed by atoms with Crippen LogP contribution in [0.1, 0.15) is 23.0 Å². The fraction of sp³-hybridized carbons (Fsp3) is 0.200. The van der Waals surface area contributed by atoms with Gasteiger partial charge in [0.2, 0.25) is 0 Å². The minimum atomic E-state index is -0.174. The van der Waals surface area contributed by atoms with Crippen LogP contribution in [0, 0.1) is 0 Å². The van der Waals surface area contributed by atoms with Gasteiger partial charge in [-0.15, -0.1) is 0 Å². The van der Waals surface area contributed by atoms with E-state index in [0.29, 0.717) is 6.54 Å². The van der Waals surface area contributed by atoms with E-state index in [1.165, 1.54) is 0 Å². The van der Waals surface area contributed by atoms with Crippen LogP contribution >= 0.6 is 0 Å². The number of rotatable bonds is 4. The second-order valence-corrected chi connectivity index (χ2v) is 4.78. The van der Waals surface area contributed by atoms with E-state index in [-0.39, 0.29) is 6.04 Å². The summed E-state index contributed by atoms with van der Waals surface area (Å²) in [5, 5.41) is 4.18. The van der Waals surface area contributed by atoms with Crippen LogP contribution in [0.4, 0.5) is 0 Å². The molecule has 1 unspecified atom stereocenters. The van der Waals surface area contributed by atoms with Crippen molar-refractivity contribution >= 4 is 0 Å². The van der Waals surface area contributed by atoms with Gasteiger partial charge in [-0.1, -0.05) is 30.3 Å². The molecule has 2 N–H and O–H groups in total. The van der Waals surface area contributed by atoms with Gasteiger partial charge >= 0.3 is 0 Å². The highest BCUT2D eigenvalue weighted by Crippen LogP contribution is 2.19. The summed E-state index contributed by atoms with van der Waals surface area (Å²) in [6, 6.07) is 11.9. The Morgan fingerprint density at radius 2 is 2.00 bits per heavy atom. The molecule has 20 heavy (non-hydrogen) atoms. The molecule has 0 aliphatic rings. The SMILES string of the molecule is Cn1nccc1Cn1cncc1C(N)c1ccccc1. The molecular weight excluding hydrogens is 250 g/mol. The Morgan fingerprint density at radius 3 is 2.70 bits per heavy atom. The van der Waals surface area contributed by atoms with Crippen molar-refractivity contribution in [3.63, 3.8) is 0 Å². The first kappa shape index (κ1) is 12.6. The van der Waals surface area contributed by atoms with Crippen molar-refractivity contribution in [3.05, 3.63) is 72.1 Å². The van der Waals surface area contributed by atoms with Gasteiger partial charge in [-0.25, -0.2) is 4.98 Å². The summed E-state index contributed by atoms with van der Waals surface area (Å²) in [5.41, 5.74) is 9.54. The highest BCUT2D eigenvalue weighted by atomic mass is 15.3. The number of hydrogen-bond acceptors (Lipinski definition) is 3. The molecule has 1 aromatic carbocycles. The Balaban J connectivity index is 1.89. The van der Waals surface area contributed by atoms with Crippen molar-refractivity contribution in [2.45, 2.75) is 12.6 Å². The molecule has 0 radical (unpaired) electrons. The van der Waals surface area contributed by atoms with Gasteiger partial charge in [0.25, 0.3) is 0 Å². The number of nitrogens with two attached hydrogens (primary N) is 1. The quantitative estimate of drug-likeness (QED) is 0.783. The van der Waals surface area contributed by atoms with Gasteiger partial charge < -0.3 is 10.3 Å². The second kappa shape index (κ2) is 5.30. The molecule has 0 aliphatic carbocycles. The van der Waals surface area contributed by atoms with Gasteiger partial charge in [0.15, 0.2) is 0 Å². The maximum absolute atomic E-state index is 6.35. The normalized spacial score (nSPS) is 12.5. The summed E-state index contributed by atoms with van der Waals surface area (Å²) in [6.45, 7) is 0.715. The zero-order valence-corrected chi connectivity index (χ0v) is 11.3. The van der Waals surface area contributed by atoms with E-state index >= 15 is 0 Å². The summed E-state index contributed by atoms with van der Waals surface area (Å²) in [4.78, 5) is 4.23. The highest BCUT2D eigenvalue weighted by molar-refractivity contribution is 5.26. The zero-order valence-electron chi connectivity index (χ0n) is 11.3. The van der Waals surface area contributed by atoms with Crippen molar-refractivity contribution in [1.29, 1.82) is 0 Å². The van der Waals surface area contributed by atoms with E-state index in [1.807, 2.05) is 60.7 Å². The number of imidazole rings is 1. The second-order valence-electron chi connectivity index (χ2n) is 4.78. The van der Waals surface area contributed by atoms with Gasteiger partial charge in [-0.3, -0.25) is 4.68 Å². The summed E-state index contributed by atoms with van der Waals surface area (Å²) >= 11 is 0. The van der Waals surface area contributed by atoms with E-state index in [2.05, 4.69) is 14.6 Å². The van der Waals surface area contributed by atoms with E-state index < -0.39 is 0 Å². The number of nitrogens with zero attached hydrogens (tertiary/aromatic N) is 4. The van der Waals surface area contributed by atoms with Crippen LogP contribution in [0.2, 0.25) is 0 Å². The molecule has 3 rings (SSSR count). The Bertz CT molecular complexity index is 683. The van der Waals surface area contributed by atoms with Crippen LogP contribution in [0.5, 0.6) is 0 Å². The number of hydrogen-bond donors (Lipinski definition) is 1. The molecule has 5 nitrogen and oxygen atoms in total. The van der Waals surface area contributed by atoms with Crippen molar-refractivity contribution in [2.24, 2.45) is 12.8 Å². The molecule has 0 aliphatic heterocycles. The fourth-order valence-electron chi connectivity index (χ4n) is 2.28. The topological polar surface area (TPSA) is 61.7 Å². The van der Waals surface area contributed by atoms with E-state index in [0.717, 1.165) is 17.0 Å². The number of aryl methyl sites for hydroxylation is 1. The summed E-state index contributed by atoms with van der Waals surface area (Å²) in [5.74, 6) is 0. The third kappa shape index (κ3) is 2.35. The molecule has 3 aromatic rings. The predicted molar refractivity (Wildman–Crippen MR) is 77.0 cm³/mol. The maximum atomic E-state index is 6.35. The van der Waals surface area contributed by atoms with Crippen molar-refractivity contribution in [3.8, 4) is 0 Å². The van der Waals surface area contributed by atoms with Gasteiger partial charge in [0.05, 0.1) is 36.5 Å². The maximum Gasteiger partial charge on any atom is 0.0952 e. The summed E-state index contributed by atoms with van der Waals surface area (Å²) in [7, 11) is 1.93. The van der Waals surface area contributed by atoms with E-state index in [1.54, 1.807) is 6.20 Å². The van der Waals surface area contributed by atoms with Crippen LogP contribution in [-0.4, -0.2) is 19.3 Å². The van der Waals surface area contributed by atoms with Crippen molar-refractivity contribution < 1.29 is 0 Å². The molecule has 0 spiro atoms. The molecule has 0 fully saturated rings. The molecule has 1 atom stereocenters. The Labute approximate surface area is 117 Å². The van der Waals surface area contributed by atoms with Crippen LogP contribution in [0.3, 0.4) is 0 Å². The lowest BCUT2D eigenvalue weighted by molar-refractivity contribution is 0.635. The summed E-state index contributed by atoms with van der Waals surface area (Å²) in [6.07, 6.45) is 5.43.